The topological polar surface area (TPSA) is 26.5 Å². The molecule has 0 amide bonds. The zero-order chi connectivity index (χ0) is 15.0. The van der Waals surface area contributed by atoms with Gasteiger partial charge in [-0.15, -0.1) is 0 Å². The van der Waals surface area contributed by atoms with Crippen molar-refractivity contribution in [2.24, 2.45) is 0 Å². The number of halogens is 3. The highest BCUT2D eigenvalue weighted by atomic mass is 19.4. The van der Waals surface area contributed by atoms with Gasteiger partial charge in [0.25, 0.3) is 0 Å². The number of aromatic nitrogens is 2. The molecule has 0 radical (unpaired) electrons. The number of imidazole rings is 1. The quantitative estimate of drug-likeness (QED) is 0.713. The molecule has 2 aromatic heterocycles. The van der Waals surface area contributed by atoms with Crippen LogP contribution in [-0.2, 0) is 6.18 Å². The number of pyridine rings is 1. The minimum Gasteiger partial charge on any atom is -0.482 e. The molecule has 0 saturated heterocycles. The maximum atomic E-state index is 13.1. The Morgan fingerprint density at radius 3 is 2.52 bits per heavy atom. The highest BCUT2D eigenvalue weighted by Crippen LogP contribution is 2.36. The van der Waals surface area contributed by atoms with Gasteiger partial charge in [0.2, 0.25) is 0 Å². The number of rotatable bonds is 2. The second-order valence-electron chi connectivity index (χ2n) is 4.47. The number of benzene rings is 1. The summed E-state index contributed by atoms with van der Waals surface area (Å²) in [6.07, 6.45) is -2.88. The molecule has 0 saturated carbocycles. The van der Waals surface area contributed by atoms with E-state index in [1.54, 1.807) is 34.9 Å². The van der Waals surface area contributed by atoms with Crippen molar-refractivity contribution in [3.63, 3.8) is 0 Å². The lowest BCUT2D eigenvalue weighted by atomic mass is 10.1. The summed E-state index contributed by atoms with van der Waals surface area (Å²) in [7, 11) is 1.50. The van der Waals surface area contributed by atoms with E-state index in [4.69, 9.17) is 4.74 Å². The summed E-state index contributed by atoms with van der Waals surface area (Å²) in [5.41, 5.74) is 0.136. The summed E-state index contributed by atoms with van der Waals surface area (Å²) in [5.74, 6) is 0.510. The van der Waals surface area contributed by atoms with Crippen LogP contribution in [0.2, 0.25) is 0 Å². The van der Waals surface area contributed by atoms with E-state index < -0.39 is 11.7 Å². The molecule has 3 nitrogen and oxygen atoms in total. The predicted molar refractivity (Wildman–Crippen MR) is 72.2 cm³/mol. The maximum Gasteiger partial charge on any atom is 0.417 e. The van der Waals surface area contributed by atoms with E-state index in [0.717, 1.165) is 6.07 Å². The van der Waals surface area contributed by atoms with Crippen LogP contribution in [0.3, 0.4) is 0 Å². The molecule has 2 heterocycles. The summed E-state index contributed by atoms with van der Waals surface area (Å²) in [5, 5.41) is 0. The number of nitrogens with zero attached hydrogens (tertiary/aromatic N) is 2. The first-order chi connectivity index (χ1) is 10.0. The maximum absolute atomic E-state index is 13.1. The molecular formula is C15H11F3N2O. The first-order valence-electron chi connectivity index (χ1n) is 6.19. The van der Waals surface area contributed by atoms with Gasteiger partial charge in [-0.25, -0.2) is 4.98 Å². The van der Waals surface area contributed by atoms with Crippen LogP contribution in [0.1, 0.15) is 5.56 Å². The number of hydrogen-bond acceptors (Lipinski definition) is 2. The van der Waals surface area contributed by atoms with Crippen LogP contribution >= 0.6 is 0 Å². The van der Waals surface area contributed by atoms with Crippen LogP contribution in [0, 0.1) is 0 Å². The van der Waals surface area contributed by atoms with Crippen molar-refractivity contribution in [3.05, 3.63) is 54.2 Å². The number of methoxy groups -OCH3 is 1. The summed E-state index contributed by atoms with van der Waals surface area (Å²) < 4.78 is 46.0. The fourth-order valence-electron chi connectivity index (χ4n) is 2.24. The van der Waals surface area contributed by atoms with Gasteiger partial charge < -0.3 is 4.74 Å². The highest BCUT2D eigenvalue weighted by Gasteiger charge is 2.33. The van der Waals surface area contributed by atoms with Crippen molar-refractivity contribution in [2.75, 3.05) is 7.11 Å². The monoisotopic (exact) mass is 292 g/mol. The van der Waals surface area contributed by atoms with Gasteiger partial charge in [0.15, 0.2) is 5.88 Å². The van der Waals surface area contributed by atoms with E-state index in [1.165, 1.54) is 19.2 Å². The second-order valence-corrected chi connectivity index (χ2v) is 4.47. The van der Waals surface area contributed by atoms with Gasteiger partial charge in [-0.05, 0) is 18.2 Å². The molecule has 3 aromatic rings. The van der Waals surface area contributed by atoms with Crippen molar-refractivity contribution >= 4 is 5.65 Å². The molecule has 0 atom stereocenters. The highest BCUT2D eigenvalue weighted by molar-refractivity contribution is 5.67. The van der Waals surface area contributed by atoms with Gasteiger partial charge in [0, 0.05) is 11.8 Å². The first kappa shape index (κ1) is 13.5. The summed E-state index contributed by atoms with van der Waals surface area (Å²) >= 11 is 0. The Morgan fingerprint density at radius 2 is 1.81 bits per heavy atom. The molecule has 0 aliphatic rings. The first-order valence-corrected chi connectivity index (χ1v) is 6.19. The average molecular weight is 292 g/mol. The normalized spacial score (nSPS) is 11.8. The van der Waals surface area contributed by atoms with Crippen molar-refractivity contribution in [1.29, 1.82) is 0 Å². The van der Waals surface area contributed by atoms with Crippen LogP contribution in [0.4, 0.5) is 13.2 Å². The van der Waals surface area contributed by atoms with Crippen molar-refractivity contribution in [1.82, 2.24) is 9.38 Å². The fourth-order valence-corrected chi connectivity index (χ4v) is 2.24. The molecule has 0 fully saturated rings. The van der Waals surface area contributed by atoms with Gasteiger partial charge in [0.05, 0.1) is 18.4 Å². The Morgan fingerprint density at radius 1 is 1.05 bits per heavy atom. The van der Waals surface area contributed by atoms with Crippen LogP contribution in [-0.4, -0.2) is 16.5 Å². The Labute approximate surface area is 118 Å². The lowest BCUT2D eigenvalue weighted by Gasteiger charge is -2.10. The van der Waals surface area contributed by atoms with E-state index in [2.05, 4.69) is 4.98 Å². The molecule has 0 aliphatic heterocycles. The van der Waals surface area contributed by atoms with E-state index in [9.17, 15) is 13.2 Å². The lowest BCUT2D eigenvalue weighted by Crippen LogP contribution is -2.06. The van der Waals surface area contributed by atoms with E-state index in [-0.39, 0.29) is 11.3 Å². The third kappa shape index (κ3) is 2.33. The summed E-state index contributed by atoms with van der Waals surface area (Å²) in [6, 6.07) is 10.6. The van der Waals surface area contributed by atoms with Gasteiger partial charge >= 0.3 is 6.18 Å². The molecule has 0 N–H and O–H groups in total. The summed E-state index contributed by atoms with van der Waals surface area (Å²) in [6.45, 7) is 0. The average Bonchev–Trinajstić information content (AvgIpc) is 2.90. The zero-order valence-corrected chi connectivity index (χ0v) is 11.1. The smallest absolute Gasteiger partial charge is 0.417 e. The molecule has 21 heavy (non-hydrogen) atoms. The van der Waals surface area contributed by atoms with E-state index in [0.29, 0.717) is 11.5 Å². The minimum atomic E-state index is -4.42. The molecule has 0 bridgehead atoms. The molecule has 6 heteroatoms. The Balaban J connectivity index is 2.22. The Bertz CT molecular complexity index is 793. The SMILES string of the molecule is COc1cccc2nc(-c3ccccc3C(F)(F)F)cn12. The van der Waals surface area contributed by atoms with Crippen molar-refractivity contribution < 1.29 is 17.9 Å². The predicted octanol–water partition coefficient (Wildman–Crippen LogP) is 4.03. The number of ether oxygens (including phenoxy) is 1. The zero-order valence-electron chi connectivity index (χ0n) is 11.1. The number of hydrogen-bond donors (Lipinski definition) is 0. The molecule has 0 unspecified atom stereocenters. The molecular weight excluding hydrogens is 281 g/mol. The lowest BCUT2D eigenvalue weighted by molar-refractivity contribution is -0.137. The van der Waals surface area contributed by atoms with E-state index >= 15 is 0 Å². The number of alkyl halides is 3. The third-order valence-corrected chi connectivity index (χ3v) is 3.17. The fraction of sp³-hybridized carbons (Fsp3) is 0.133. The van der Waals surface area contributed by atoms with Crippen LogP contribution in [0.15, 0.2) is 48.7 Å². The molecule has 0 aliphatic carbocycles. The van der Waals surface area contributed by atoms with Gasteiger partial charge in [0.1, 0.15) is 5.65 Å². The van der Waals surface area contributed by atoms with Crippen LogP contribution < -0.4 is 4.74 Å². The second kappa shape index (κ2) is 4.80. The van der Waals surface area contributed by atoms with Crippen molar-refractivity contribution in [3.8, 4) is 17.1 Å². The molecule has 0 spiro atoms. The Kier molecular flexibility index (Phi) is 3.08. The van der Waals surface area contributed by atoms with Gasteiger partial charge in [-0.3, -0.25) is 4.40 Å². The molecule has 1 aromatic carbocycles. The van der Waals surface area contributed by atoms with E-state index in [1.807, 2.05) is 0 Å². The third-order valence-electron chi connectivity index (χ3n) is 3.17. The van der Waals surface area contributed by atoms with Gasteiger partial charge in [-0.2, -0.15) is 13.2 Å². The largest absolute Gasteiger partial charge is 0.482 e. The van der Waals surface area contributed by atoms with Crippen LogP contribution in [0.5, 0.6) is 5.88 Å². The van der Waals surface area contributed by atoms with Crippen LogP contribution in [0.25, 0.3) is 16.9 Å². The summed E-state index contributed by atoms with van der Waals surface area (Å²) in [4.78, 5) is 4.25. The molecule has 108 valence electrons. The van der Waals surface area contributed by atoms with Crippen molar-refractivity contribution in [2.45, 2.75) is 6.18 Å². The standard InChI is InChI=1S/C15H11F3N2O/c1-21-14-8-4-7-13-19-12(9-20(13)14)10-5-2-3-6-11(10)15(16,17)18/h2-9H,1H3. The molecule has 3 rings (SSSR count). The minimum absolute atomic E-state index is 0.0516. The Hall–Kier alpha value is -2.50. The number of fused-ring (bicyclic) bond motifs is 1. The van der Waals surface area contributed by atoms with Gasteiger partial charge in [-0.1, -0.05) is 24.3 Å².